The summed E-state index contributed by atoms with van der Waals surface area (Å²) in [5, 5.41) is 4.35. The molecule has 8 heteroatoms. The minimum absolute atomic E-state index is 0.00295. The number of carbonyl (C=O) groups excluding carboxylic acids is 1. The molecule has 0 aliphatic heterocycles. The number of sulfonamides is 1. The number of amides is 1. The molecule has 1 aliphatic rings. The van der Waals surface area contributed by atoms with Crippen LogP contribution in [0.3, 0.4) is 0 Å². The smallest absolute Gasteiger partial charge is 0.242 e. The second-order valence-electron chi connectivity index (χ2n) is 7.90. The van der Waals surface area contributed by atoms with Crippen LogP contribution in [-0.4, -0.2) is 25.9 Å². The molecule has 1 aliphatic carbocycles. The summed E-state index contributed by atoms with van der Waals surface area (Å²) in [5.74, 6) is 0.145. The lowest BCUT2D eigenvalue weighted by molar-refractivity contribution is -0.121. The largest absolute Gasteiger partial charge is 0.326 e. The van der Waals surface area contributed by atoms with Gasteiger partial charge in [0.25, 0.3) is 0 Å². The third kappa shape index (κ3) is 5.23. The highest BCUT2D eigenvalue weighted by Crippen LogP contribution is 2.30. The van der Waals surface area contributed by atoms with Crippen molar-refractivity contribution < 1.29 is 13.2 Å². The van der Waals surface area contributed by atoms with Crippen LogP contribution in [0.5, 0.6) is 0 Å². The molecule has 31 heavy (non-hydrogen) atoms. The Morgan fingerprint density at radius 2 is 1.71 bits per heavy atom. The van der Waals surface area contributed by atoms with Gasteiger partial charge < -0.3 is 5.32 Å². The minimum Gasteiger partial charge on any atom is -0.326 e. The minimum atomic E-state index is -3.66. The van der Waals surface area contributed by atoms with Crippen molar-refractivity contribution in [2.75, 3.05) is 11.9 Å². The number of pyridine rings is 1. The topological polar surface area (TPSA) is 88.2 Å². The molecule has 0 radical (unpaired) electrons. The van der Waals surface area contributed by atoms with E-state index < -0.39 is 10.0 Å². The maximum Gasteiger partial charge on any atom is 0.242 e. The lowest BCUT2D eigenvalue weighted by Gasteiger charge is -2.28. The van der Waals surface area contributed by atoms with Gasteiger partial charge >= 0.3 is 0 Å². The Labute approximate surface area is 187 Å². The van der Waals surface area contributed by atoms with E-state index >= 15 is 0 Å². The summed E-state index contributed by atoms with van der Waals surface area (Å²) in [5.41, 5.74) is 1.20. The number of halogens is 1. The predicted octanol–water partition coefficient (Wildman–Crippen LogP) is 4.61. The van der Waals surface area contributed by atoms with Crippen LogP contribution in [0.1, 0.15) is 25.7 Å². The first kappa shape index (κ1) is 21.7. The van der Waals surface area contributed by atoms with E-state index in [2.05, 4.69) is 15.0 Å². The second kappa shape index (κ2) is 9.34. The first-order valence-electron chi connectivity index (χ1n) is 10.3. The van der Waals surface area contributed by atoms with Crippen molar-refractivity contribution in [2.24, 2.45) is 11.8 Å². The van der Waals surface area contributed by atoms with Crippen LogP contribution in [0, 0.1) is 11.8 Å². The number of hydrogen-bond acceptors (Lipinski definition) is 4. The SMILES string of the molecule is O=C(Nc1ccc(Cl)cc1)C1CCC(CNS(=O)(=O)c2cccc3cccnc23)CC1. The molecule has 0 atom stereocenters. The highest BCUT2D eigenvalue weighted by atomic mass is 35.5. The third-order valence-electron chi connectivity index (χ3n) is 5.78. The molecule has 3 aromatic rings. The summed E-state index contributed by atoms with van der Waals surface area (Å²) in [4.78, 5) is 17.0. The van der Waals surface area contributed by atoms with E-state index in [-0.39, 0.29) is 22.6 Å². The Morgan fingerprint density at radius 3 is 2.45 bits per heavy atom. The molecule has 4 rings (SSSR count). The normalized spacial score (nSPS) is 19.3. The lowest BCUT2D eigenvalue weighted by Crippen LogP contribution is -2.33. The zero-order chi connectivity index (χ0) is 21.8. The van der Waals surface area contributed by atoms with Crippen molar-refractivity contribution in [3.8, 4) is 0 Å². The van der Waals surface area contributed by atoms with Gasteiger partial charge in [0.2, 0.25) is 15.9 Å². The molecule has 162 valence electrons. The van der Waals surface area contributed by atoms with E-state index in [1.54, 1.807) is 48.7 Å². The molecule has 1 aromatic heterocycles. The van der Waals surface area contributed by atoms with Crippen molar-refractivity contribution >= 4 is 44.1 Å². The zero-order valence-electron chi connectivity index (χ0n) is 16.9. The van der Waals surface area contributed by atoms with Crippen molar-refractivity contribution in [3.63, 3.8) is 0 Å². The molecule has 0 bridgehead atoms. The number of aromatic nitrogens is 1. The van der Waals surface area contributed by atoms with Crippen molar-refractivity contribution in [1.82, 2.24) is 9.71 Å². The van der Waals surface area contributed by atoms with Gasteiger partial charge in [0.05, 0.1) is 5.52 Å². The van der Waals surface area contributed by atoms with Gasteiger partial charge in [-0.2, -0.15) is 0 Å². The van der Waals surface area contributed by atoms with Gasteiger partial charge in [-0.3, -0.25) is 9.78 Å². The molecule has 2 aromatic carbocycles. The van der Waals surface area contributed by atoms with Gasteiger partial charge in [0, 0.05) is 34.8 Å². The lowest BCUT2D eigenvalue weighted by atomic mass is 9.81. The van der Waals surface area contributed by atoms with Gasteiger partial charge in [-0.05, 0) is 68.0 Å². The number of benzene rings is 2. The molecule has 0 saturated heterocycles. The summed E-state index contributed by atoms with van der Waals surface area (Å²) in [6.07, 6.45) is 4.67. The Bertz CT molecular complexity index is 1170. The zero-order valence-corrected chi connectivity index (χ0v) is 18.5. The Morgan fingerprint density at radius 1 is 1.00 bits per heavy atom. The molecule has 0 unspecified atom stereocenters. The standard InChI is InChI=1S/C23H24ClN3O3S/c24-19-10-12-20(13-11-19)27-23(28)18-8-6-16(7-9-18)15-26-31(29,30)21-5-1-3-17-4-2-14-25-22(17)21/h1-5,10-14,16,18,26H,6-9,15H2,(H,27,28). The van der Waals surface area contributed by atoms with Crippen molar-refractivity contribution in [2.45, 2.75) is 30.6 Å². The van der Waals surface area contributed by atoms with E-state index in [4.69, 9.17) is 11.6 Å². The molecule has 0 spiro atoms. The molecular weight excluding hydrogens is 434 g/mol. The van der Waals surface area contributed by atoms with Crippen LogP contribution in [-0.2, 0) is 14.8 Å². The number of para-hydroxylation sites is 1. The van der Waals surface area contributed by atoms with E-state index in [9.17, 15) is 13.2 Å². The van der Waals surface area contributed by atoms with Crippen LogP contribution in [0.4, 0.5) is 5.69 Å². The summed E-state index contributed by atoms with van der Waals surface area (Å²) in [6.45, 7) is 0.358. The molecule has 1 fully saturated rings. The number of hydrogen-bond donors (Lipinski definition) is 2. The number of fused-ring (bicyclic) bond motifs is 1. The molecule has 6 nitrogen and oxygen atoms in total. The highest BCUT2D eigenvalue weighted by molar-refractivity contribution is 7.89. The Hall–Kier alpha value is -2.48. The Kier molecular flexibility index (Phi) is 6.55. The maximum absolute atomic E-state index is 12.9. The van der Waals surface area contributed by atoms with Crippen LogP contribution < -0.4 is 10.0 Å². The first-order valence-corrected chi connectivity index (χ1v) is 12.2. The number of carbonyl (C=O) groups is 1. The third-order valence-corrected chi connectivity index (χ3v) is 7.48. The average molecular weight is 458 g/mol. The quantitative estimate of drug-likeness (QED) is 0.565. The van der Waals surface area contributed by atoms with E-state index in [0.29, 0.717) is 17.1 Å². The number of nitrogens with one attached hydrogen (secondary N) is 2. The van der Waals surface area contributed by atoms with E-state index in [1.807, 2.05) is 12.1 Å². The van der Waals surface area contributed by atoms with Crippen LogP contribution in [0.25, 0.3) is 10.9 Å². The van der Waals surface area contributed by atoms with Gasteiger partial charge in [-0.1, -0.05) is 29.8 Å². The number of anilines is 1. The van der Waals surface area contributed by atoms with Crippen LogP contribution >= 0.6 is 11.6 Å². The summed E-state index contributed by atoms with van der Waals surface area (Å²) in [6, 6.07) is 15.8. The second-order valence-corrected chi connectivity index (χ2v) is 10.1. The molecule has 2 N–H and O–H groups in total. The van der Waals surface area contributed by atoms with E-state index in [0.717, 1.165) is 36.8 Å². The Balaban J connectivity index is 1.31. The van der Waals surface area contributed by atoms with Gasteiger partial charge in [0.1, 0.15) is 4.90 Å². The molecule has 1 heterocycles. The monoisotopic (exact) mass is 457 g/mol. The summed E-state index contributed by atoms with van der Waals surface area (Å²) >= 11 is 5.88. The fourth-order valence-electron chi connectivity index (χ4n) is 4.00. The molecule has 1 saturated carbocycles. The van der Waals surface area contributed by atoms with Gasteiger partial charge in [0.15, 0.2) is 0 Å². The first-order chi connectivity index (χ1) is 14.9. The summed E-state index contributed by atoms with van der Waals surface area (Å²) in [7, 11) is -3.66. The van der Waals surface area contributed by atoms with E-state index in [1.165, 1.54) is 0 Å². The summed E-state index contributed by atoms with van der Waals surface area (Å²) < 4.78 is 28.5. The molecular formula is C23H24ClN3O3S. The van der Waals surface area contributed by atoms with Crippen molar-refractivity contribution in [1.29, 1.82) is 0 Å². The highest BCUT2D eigenvalue weighted by Gasteiger charge is 2.28. The van der Waals surface area contributed by atoms with Gasteiger partial charge in [-0.15, -0.1) is 0 Å². The molecule has 1 amide bonds. The fourth-order valence-corrected chi connectivity index (χ4v) is 5.42. The average Bonchev–Trinajstić information content (AvgIpc) is 2.79. The van der Waals surface area contributed by atoms with Crippen LogP contribution in [0.2, 0.25) is 5.02 Å². The fraction of sp³-hybridized carbons (Fsp3) is 0.304. The predicted molar refractivity (Wildman–Crippen MR) is 122 cm³/mol. The maximum atomic E-state index is 12.9. The number of nitrogens with zero attached hydrogens (tertiary/aromatic N) is 1. The van der Waals surface area contributed by atoms with Crippen LogP contribution in [0.15, 0.2) is 65.7 Å². The number of rotatable bonds is 6. The van der Waals surface area contributed by atoms with Gasteiger partial charge in [-0.25, -0.2) is 13.1 Å². The van der Waals surface area contributed by atoms with Crippen molar-refractivity contribution in [3.05, 3.63) is 65.8 Å².